The Balaban J connectivity index is 0.990. The molecular formula is C39H69N2O6PS. The number of nitrogens with one attached hydrogen (secondary N) is 1. The van der Waals surface area contributed by atoms with Crippen LogP contribution < -0.4 is 5.32 Å². The van der Waals surface area contributed by atoms with E-state index in [1.807, 2.05) is 0 Å². The van der Waals surface area contributed by atoms with Crippen molar-refractivity contribution in [2.45, 2.75) is 150 Å². The van der Waals surface area contributed by atoms with E-state index in [1.54, 1.807) is 4.90 Å². The number of likely N-dealkylation sites (tertiary alicyclic amines) is 1. The third-order valence-electron chi connectivity index (χ3n) is 14.6. The Hall–Kier alpha value is -0.730. The van der Waals surface area contributed by atoms with Crippen LogP contribution in [0.1, 0.15) is 137 Å². The standard InChI is InChI=1S/C39H69N2O6PS/c1-26(2)10-9-11-27(3)32-15-16-33-31-14-13-29-22-30(17-19-38(29,4)34(31)18-20-39(32,33)5)47-37(44)40-21-8-6-7-12-36(43)41-23-28(35(42)24-41)25-46-48(45)49/h26-35,42,48H,6-25H2,1-5H3,(H,40,44)(H,45,49)/t27?,28?,29?,30-,31?,32+,33?,34?,35?,38-,39+/m0/s1. The topological polar surface area (TPSA) is 108 Å². The summed E-state index contributed by atoms with van der Waals surface area (Å²) in [6, 6.07) is 0. The predicted octanol–water partition coefficient (Wildman–Crippen LogP) is 8.10. The lowest BCUT2D eigenvalue weighted by Crippen LogP contribution is -2.54. The first-order valence-electron chi connectivity index (χ1n) is 20.1. The lowest BCUT2D eigenvalue weighted by atomic mass is 9.44. The molecule has 4 saturated carbocycles. The molecule has 2 amide bonds. The molecule has 3 N–H and O–H groups in total. The number of aliphatic hydroxyl groups excluding tert-OH is 1. The number of ether oxygens (including phenoxy) is 1. The highest BCUT2D eigenvalue weighted by Gasteiger charge is 2.60. The molecule has 1 saturated heterocycles. The molecule has 49 heavy (non-hydrogen) atoms. The third kappa shape index (κ3) is 9.45. The molecule has 0 spiro atoms. The van der Waals surface area contributed by atoms with E-state index in [0.29, 0.717) is 42.8 Å². The maximum absolute atomic E-state index is 12.7. The molecule has 0 radical (unpaired) electrons. The average molecular weight is 725 g/mol. The minimum atomic E-state index is -2.21. The highest BCUT2D eigenvalue weighted by Crippen LogP contribution is 2.68. The zero-order chi connectivity index (χ0) is 35.3. The van der Waals surface area contributed by atoms with Gasteiger partial charge in [-0.2, -0.15) is 0 Å². The molecule has 4 aliphatic carbocycles. The van der Waals surface area contributed by atoms with Gasteiger partial charge in [-0.05, 0) is 135 Å². The first-order chi connectivity index (χ1) is 23.3. The second-order valence-corrected chi connectivity index (χ2v) is 19.8. The molecule has 8 unspecified atom stereocenters. The van der Waals surface area contributed by atoms with Gasteiger partial charge in [0.2, 0.25) is 5.91 Å². The van der Waals surface area contributed by atoms with Gasteiger partial charge < -0.3 is 29.5 Å². The third-order valence-corrected chi connectivity index (χ3v) is 15.4. The number of hydrogen-bond acceptors (Lipinski definition) is 6. The van der Waals surface area contributed by atoms with Crippen LogP contribution in [0.25, 0.3) is 0 Å². The largest absolute Gasteiger partial charge is 0.446 e. The molecule has 0 aromatic carbocycles. The molecule has 5 rings (SSSR count). The quantitative estimate of drug-likeness (QED) is 0.116. The zero-order valence-corrected chi connectivity index (χ0v) is 33.1. The van der Waals surface area contributed by atoms with Crippen molar-refractivity contribution in [2.75, 3.05) is 26.2 Å². The van der Waals surface area contributed by atoms with Crippen LogP contribution in [0.2, 0.25) is 0 Å². The SMILES string of the molecule is CC(C)CCCC(C)[C@H]1CCC2C3CCC4C[C@@H](OC(=O)NCCCCCC(=O)N5CC(O)C(CO[PH](O)=S)C5)CC[C@]4(C)C3CC[C@@]21C. The van der Waals surface area contributed by atoms with E-state index in [9.17, 15) is 19.6 Å². The number of unbranched alkanes of at least 4 members (excludes halogenated alkanes) is 2. The fraction of sp³-hybridized carbons (Fsp3) is 0.949. The molecule has 8 nitrogen and oxygen atoms in total. The minimum Gasteiger partial charge on any atom is -0.446 e. The summed E-state index contributed by atoms with van der Waals surface area (Å²) in [7, 11) is -2.21. The molecule has 0 bridgehead atoms. The summed E-state index contributed by atoms with van der Waals surface area (Å²) in [5.41, 5.74) is 0.917. The van der Waals surface area contributed by atoms with Crippen LogP contribution in [0.5, 0.6) is 0 Å². The number of fused-ring (bicyclic) bond motifs is 5. The summed E-state index contributed by atoms with van der Waals surface area (Å²) in [6.45, 7) is 14.0. The molecule has 0 aromatic heterocycles. The lowest BCUT2D eigenvalue weighted by Gasteiger charge is -2.61. The maximum atomic E-state index is 12.7. The molecule has 12 atom stereocenters. The first kappa shape index (κ1) is 39.5. The summed E-state index contributed by atoms with van der Waals surface area (Å²) in [5.74, 6) is 5.67. The van der Waals surface area contributed by atoms with Crippen LogP contribution in [0, 0.1) is 58.2 Å². The Bertz CT molecular complexity index is 1140. The number of β-amino-alcohol motifs (C(OH)–C–C–N with tert-alkyl or cyclic N) is 1. The second-order valence-electron chi connectivity index (χ2n) is 17.9. The van der Waals surface area contributed by atoms with Gasteiger partial charge >= 0.3 is 6.09 Å². The first-order valence-corrected chi connectivity index (χ1v) is 22.6. The minimum absolute atomic E-state index is 0.0183. The number of aliphatic hydroxyl groups is 1. The Morgan fingerprint density at radius 2 is 1.69 bits per heavy atom. The van der Waals surface area contributed by atoms with Crippen LogP contribution >= 0.6 is 7.15 Å². The van der Waals surface area contributed by atoms with Crippen LogP contribution in [0.15, 0.2) is 0 Å². The number of rotatable bonds is 15. The average Bonchev–Trinajstić information content (AvgIpc) is 3.60. The maximum Gasteiger partial charge on any atom is 0.407 e. The fourth-order valence-corrected chi connectivity index (χ4v) is 12.4. The molecule has 5 fully saturated rings. The van der Waals surface area contributed by atoms with Crippen molar-refractivity contribution in [3.05, 3.63) is 0 Å². The van der Waals surface area contributed by atoms with Crippen LogP contribution in [-0.4, -0.2) is 65.3 Å². The summed E-state index contributed by atoms with van der Waals surface area (Å²) < 4.78 is 11.1. The monoisotopic (exact) mass is 724 g/mol. The van der Waals surface area contributed by atoms with Crippen LogP contribution in [-0.2, 0) is 25.9 Å². The summed E-state index contributed by atoms with van der Waals surface area (Å²) >= 11 is 4.70. The van der Waals surface area contributed by atoms with Gasteiger partial charge in [-0.25, -0.2) is 4.79 Å². The van der Waals surface area contributed by atoms with Crippen molar-refractivity contribution in [3.8, 4) is 0 Å². The van der Waals surface area contributed by atoms with Crippen molar-refractivity contribution < 1.29 is 28.8 Å². The predicted molar refractivity (Wildman–Crippen MR) is 200 cm³/mol. The van der Waals surface area contributed by atoms with E-state index in [1.165, 1.54) is 64.2 Å². The van der Waals surface area contributed by atoms with Crippen molar-refractivity contribution in [3.63, 3.8) is 0 Å². The van der Waals surface area contributed by atoms with Gasteiger partial charge in [0.25, 0.3) is 0 Å². The number of carbonyl (C=O) groups excluding carboxylic acids is 2. The lowest BCUT2D eigenvalue weighted by molar-refractivity contribution is -0.130. The molecular weight excluding hydrogens is 655 g/mol. The number of nitrogens with zero attached hydrogens (tertiary/aromatic N) is 1. The van der Waals surface area contributed by atoms with Crippen LogP contribution in [0.3, 0.4) is 0 Å². The van der Waals surface area contributed by atoms with Gasteiger partial charge in [0.1, 0.15) is 6.10 Å². The molecule has 0 aromatic rings. The highest BCUT2D eigenvalue weighted by molar-refractivity contribution is 8.00. The molecule has 10 heteroatoms. The van der Waals surface area contributed by atoms with Crippen molar-refractivity contribution in [1.29, 1.82) is 0 Å². The number of alkyl carbamates (subject to hydrolysis) is 1. The van der Waals surface area contributed by atoms with E-state index >= 15 is 0 Å². The van der Waals surface area contributed by atoms with Crippen molar-refractivity contribution >= 4 is 31.0 Å². The van der Waals surface area contributed by atoms with Gasteiger partial charge in [0, 0.05) is 32.0 Å². The van der Waals surface area contributed by atoms with Crippen molar-refractivity contribution in [1.82, 2.24) is 10.2 Å². The van der Waals surface area contributed by atoms with Gasteiger partial charge in [0.05, 0.1) is 12.7 Å². The Morgan fingerprint density at radius 3 is 2.45 bits per heavy atom. The Kier molecular flexibility index (Phi) is 14.0. The van der Waals surface area contributed by atoms with Gasteiger partial charge in [-0.3, -0.25) is 4.79 Å². The van der Waals surface area contributed by atoms with Crippen LogP contribution in [0.4, 0.5) is 4.79 Å². The van der Waals surface area contributed by atoms with Crippen molar-refractivity contribution in [2.24, 2.45) is 58.2 Å². The van der Waals surface area contributed by atoms with E-state index in [0.717, 1.165) is 67.6 Å². The summed E-state index contributed by atoms with van der Waals surface area (Å²) in [5, 5.41) is 13.2. The Morgan fingerprint density at radius 1 is 0.939 bits per heavy atom. The highest BCUT2D eigenvalue weighted by atomic mass is 32.4. The van der Waals surface area contributed by atoms with Gasteiger partial charge in [-0.15, -0.1) is 0 Å². The number of carbonyl (C=O) groups is 2. The number of hydrogen-bond donors (Lipinski definition) is 3. The zero-order valence-electron chi connectivity index (χ0n) is 31.3. The summed E-state index contributed by atoms with van der Waals surface area (Å²) in [4.78, 5) is 36.3. The normalized spacial score (nSPS) is 38.4. The molecule has 1 aliphatic heterocycles. The Labute approximate surface area is 303 Å². The summed E-state index contributed by atoms with van der Waals surface area (Å²) in [6.07, 6.45) is 17.6. The molecule has 1 heterocycles. The van der Waals surface area contributed by atoms with E-state index in [4.69, 9.17) is 21.1 Å². The second kappa shape index (κ2) is 17.4. The van der Waals surface area contributed by atoms with Gasteiger partial charge in [0.15, 0.2) is 7.15 Å². The number of amides is 2. The fourth-order valence-electron chi connectivity index (χ4n) is 11.9. The van der Waals surface area contributed by atoms with E-state index in [-0.39, 0.29) is 30.6 Å². The van der Waals surface area contributed by atoms with Gasteiger partial charge in [-0.1, -0.05) is 60.3 Å². The molecule has 282 valence electrons. The van der Waals surface area contributed by atoms with E-state index in [2.05, 4.69) is 39.9 Å². The molecule has 5 aliphatic rings. The smallest absolute Gasteiger partial charge is 0.407 e. The van der Waals surface area contributed by atoms with E-state index < -0.39 is 13.3 Å².